The summed E-state index contributed by atoms with van der Waals surface area (Å²) < 4.78 is 5.19. The van der Waals surface area contributed by atoms with E-state index in [-0.39, 0.29) is 25.9 Å². The van der Waals surface area contributed by atoms with E-state index >= 15 is 0 Å². The molecular formula is C13H22N2O5. The molecule has 7 heteroatoms. The van der Waals surface area contributed by atoms with Gasteiger partial charge in [0.25, 0.3) is 5.54 Å². The van der Waals surface area contributed by atoms with E-state index in [1.54, 1.807) is 27.7 Å². The summed E-state index contributed by atoms with van der Waals surface area (Å²) >= 11 is 0. The van der Waals surface area contributed by atoms with Crippen LogP contribution in [0.5, 0.6) is 0 Å². The maximum atomic E-state index is 12.0. The van der Waals surface area contributed by atoms with E-state index in [9.17, 15) is 19.7 Å². The smallest absolute Gasteiger partial charge is 0.410 e. The quantitative estimate of drug-likeness (QED) is 0.582. The fourth-order valence-electron chi connectivity index (χ4n) is 2.21. The second-order valence-electron chi connectivity index (χ2n) is 6.11. The molecule has 1 unspecified atom stereocenters. The SMILES string of the molecule is CCCC(=O)C1([N+](=O)[O-])CCN(C(=O)OC(C)(C)C)C1. The molecule has 114 valence electrons. The number of hydrogen-bond acceptors (Lipinski definition) is 5. The molecule has 1 atom stereocenters. The molecule has 1 saturated heterocycles. The summed E-state index contributed by atoms with van der Waals surface area (Å²) in [5.41, 5.74) is -2.32. The van der Waals surface area contributed by atoms with Gasteiger partial charge in [-0.2, -0.15) is 0 Å². The number of Topliss-reactive ketones (excluding diaryl/α,β-unsaturated/α-hetero) is 1. The molecule has 0 aromatic heterocycles. The first kappa shape index (κ1) is 16.4. The zero-order valence-electron chi connectivity index (χ0n) is 12.5. The molecule has 1 rings (SSSR count). The van der Waals surface area contributed by atoms with Crippen molar-refractivity contribution in [2.45, 2.75) is 58.1 Å². The van der Waals surface area contributed by atoms with E-state index < -0.39 is 27.9 Å². The largest absolute Gasteiger partial charge is 0.444 e. The Hall–Kier alpha value is -1.66. The molecule has 0 N–H and O–H groups in total. The summed E-state index contributed by atoms with van der Waals surface area (Å²) in [6.45, 7) is 6.95. The Balaban J connectivity index is 2.83. The Morgan fingerprint density at radius 2 is 2.00 bits per heavy atom. The third-order valence-corrected chi connectivity index (χ3v) is 3.25. The van der Waals surface area contributed by atoms with Gasteiger partial charge in [0.2, 0.25) is 5.78 Å². The summed E-state index contributed by atoms with van der Waals surface area (Å²) in [5, 5.41) is 11.3. The minimum Gasteiger partial charge on any atom is -0.444 e. The predicted octanol–water partition coefficient (Wildman–Crippen LogP) is 2.01. The van der Waals surface area contributed by atoms with Crippen molar-refractivity contribution < 1.29 is 19.2 Å². The summed E-state index contributed by atoms with van der Waals surface area (Å²) in [6, 6.07) is 0. The Morgan fingerprint density at radius 1 is 1.40 bits per heavy atom. The molecule has 0 bridgehead atoms. The predicted molar refractivity (Wildman–Crippen MR) is 72.1 cm³/mol. The zero-order valence-corrected chi connectivity index (χ0v) is 12.5. The monoisotopic (exact) mass is 286 g/mol. The van der Waals surface area contributed by atoms with Gasteiger partial charge in [-0.15, -0.1) is 0 Å². The van der Waals surface area contributed by atoms with Crippen LogP contribution in [-0.2, 0) is 9.53 Å². The van der Waals surface area contributed by atoms with Crippen molar-refractivity contribution in [2.75, 3.05) is 13.1 Å². The number of amides is 1. The molecule has 1 aliphatic heterocycles. The van der Waals surface area contributed by atoms with Crippen LogP contribution in [-0.4, -0.2) is 45.9 Å². The van der Waals surface area contributed by atoms with Crippen molar-refractivity contribution >= 4 is 11.9 Å². The summed E-state index contributed by atoms with van der Waals surface area (Å²) in [6.07, 6.45) is 0.160. The number of likely N-dealkylation sites (tertiary alicyclic amines) is 1. The number of ether oxygens (including phenoxy) is 1. The average Bonchev–Trinajstić information content (AvgIpc) is 2.73. The molecule has 1 heterocycles. The summed E-state index contributed by atoms with van der Waals surface area (Å²) in [5.74, 6) is -0.406. The number of nitrogens with zero attached hydrogens (tertiary/aromatic N) is 2. The highest BCUT2D eigenvalue weighted by atomic mass is 16.6. The van der Waals surface area contributed by atoms with Crippen LogP contribution in [0.4, 0.5) is 4.79 Å². The number of carbonyl (C=O) groups is 2. The van der Waals surface area contributed by atoms with Crippen molar-refractivity contribution in [3.05, 3.63) is 10.1 Å². The summed E-state index contributed by atoms with van der Waals surface area (Å²) in [7, 11) is 0. The van der Waals surface area contributed by atoms with Gasteiger partial charge in [0, 0.05) is 24.3 Å². The lowest BCUT2D eigenvalue weighted by Gasteiger charge is -2.24. The van der Waals surface area contributed by atoms with Crippen LogP contribution in [0.2, 0.25) is 0 Å². The van der Waals surface area contributed by atoms with Crippen LogP contribution in [0, 0.1) is 10.1 Å². The van der Waals surface area contributed by atoms with Gasteiger partial charge < -0.3 is 9.64 Å². The van der Waals surface area contributed by atoms with Gasteiger partial charge in [-0.3, -0.25) is 14.9 Å². The third kappa shape index (κ3) is 3.46. The topological polar surface area (TPSA) is 89.8 Å². The standard InChI is InChI=1S/C13H22N2O5/c1-5-6-10(16)13(15(18)19)7-8-14(9-13)11(17)20-12(2,3)4/h5-9H2,1-4H3. The van der Waals surface area contributed by atoms with Gasteiger partial charge in [0.1, 0.15) is 12.1 Å². The fourth-order valence-corrected chi connectivity index (χ4v) is 2.21. The molecule has 0 aliphatic carbocycles. The first-order valence-electron chi connectivity index (χ1n) is 6.78. The van der Waals surface area contributed by atoms with Gasteiger partial charge >= 0.3 is 6.09 Å². The Kier molecular flexibility index (Phi) is 4.73. The van der Waals surface area contributed by atoms with E-state index in [4.69, 9.17) is 4.74 Å². The fraction of sp³-hybridized carbons (Fsp3) is 0.846. The number of carbonyl (C=O) groups excluding carboxylic acids is 2. The molecular weight excluding hydrogens is 264 g/mol. The van der Waals surface area contributed by atoms with Crippen LogP contribution in [0.25, 0.3) is 0 Å². The molecule has 0 aromatic carbocycles. The Labute approximate surface area is 118 Å². The van der Waals surface area contributed by atoms with Crippen molar-refractivity contribution in [3.8, 4) is 0 Å². The lowest BCUT2D eigenvalue weighted by atomic mass is 9.91. The third-order valence-electron chi connectivity index (χ3n) is 3.25. The van der Waals surface area contributed by atoms with Crippen LogP contribution in [0.1, 0.15) is 47.0 Å². The van der Waals surface area contributed by atoms with E-state index in [0.717, 1.165) is 0 Å². The van der Waals surface area contributed by atoms with Crippen molar-refractivity contribution in [3.63, 3.8) is 0 Å². The van der Waals surface area contributed by atoms with E-state index in [1.807, 2.05) is 0 Å². The highest BCUT2D eigenvalue weighted by Crippen LogP contribution is 2.28. The maximum absolute atomic E-state index is 12.0. The number of rotatable bonds is 4. The van der Waals surface area contributed by atoms with Gasteiger partial charge in [0.15, 0.2) is 0 Å². The first-order valence-corrected chi connectivity index (χ1v) is 6.78. The highest BCUT2D eigenvalue weighted by Gasteiger charge is 2.56. The second kappa shape index (κ2) is 5.76. The number of nitro groups is 1. The second-order valence-corrected chi connectivity index (χ2v) is 6.11. The maximum Gasteiger partial charge on any atom is 0.410 e. The molecule has 0 aromatic rings. The molecule has 20 heavy (non-hydrogen) atoms. The molecule has 0 saturated carbocycles. The minimum absolute atomic E-state index is 0.0536. The van der Waals surface area contributed by atoms with Crippen molar-refractivity contribution in [1.82, 2.24) is 4.90 Å². The molecule has 1 aliphatic rings. The Morgan fingerprint density at radius 3 is 2.45 bits per heavy atom. The average molecular weight is 286 g/mol. The Bertz CT molecular complexity index is 415. The summed E-state index contributed by atoms with van der Waals surface area (Å²) in [4.78, 5) is 36.0. The van der Waals surface area contributed by atoms with Crippen molar-refractivity contribution in [2.24, 2.45) is 0 Å². The van der Waals surface area contributed by atoms with E-state index in [0.29, 0.717) is 6.42 Å². The molecule has 7 nitrogen and oxygen atoms in total. The van der Waals surface area contributed by atoms with Gasteiger partial charge in [-0.05, 0) is 27.2 Å². The molecule has 0 spiro atoms. The lowest BCUT2D eigenvalue weighted by molar-refractivity contribution is -0.547. The normalized spacial score (nSPS) is 22.7. The van der Waals surface area contributed by atoms with Gasteiger partial charge in [-0.1, -0.05) is 6.92 Å². The molecule has 1 amide bonds. The van der Waals surface area contributed by atoms with Crippen LogP contribution in [0.3, 0.4) is 0 Å². The van der Waals surface area contributed by atoms with Crippen LogP contribution >= 0.6 is 0 Å². The van der Waals surface area contributed by atoms with E-state index in [1.165, 1.54) is 4.90 Å². The highest BCUT2D eigenvalue weighted by molar-refractivity contribution is 5.88. The van der Waals surface area contributed by atoms with Crippen molar-refractivity contribution in [1.29, 1.82) is 0 Å². The molecule has 0 radical (unpaired) electrons. The van der Waals surface area contributed by atoms with Gasteiger partial charge in [-0.25, -0.2) is 4.79 Å². The number of hydrogen-bond donors (Lipinski definition) is 0. The minimum atomic E-state index is -1.66. The van der Waals surface area contributed by atoms with Crippen LogP contribution < -0.4 is 0 Å². The van der Waals surface area contributed by atoms with Crippen LogP contribution in [0.15, 0.2) is 0 Å². The molecule has 1 fully saturated rings. The zero-order chi connectivity index (χ0) is 15.6. The first-order chi connectivity index (χ1) is 9.12. The van der Waals surface area contributed by atoms with Gasteiger partial charge in [0.05, 0.1) is 0 Å². The lowest BCUT2D eigenvalue weighted by Crippen LogP contribution is -2.49. The number of ketones is 1. The van der Waals surface area contributed by atoms with E-state index in [2.05, 4.69) is 0 Å².